The lowest BCUT2D eigenvalue weighted by Gasteiger charge is -2.34. The van der Waals surface area contributed by atoms with E-state index >= 15 is 0 Å². The molecular formula is C18H26N2O3. The predicted molar refractivity (Wildman–Crippen MR) is 89.7 cm³/mol. The zero-order valence-corrected chi connectivity index (χ0v) is 14.7. The van der Waals surface area contributed by atoms with Gasteiger partial charge in [0.05, 0.1) is 13.5 Å². The molecule has 1 aliphatic heterocycles. The Morgan fingerprint density at radius 3 is 2.13 bits per heavy atom. The van der Waals surface area contributed by atoms with Crippen LogP contribution in [0.5, 0.6) is 5.75 Å². The van der Waals surface area contributed by atoms with Crippen LogP contribution in [0.25, 0.3) is 0 Å². The van der Waals surface area contributed by atoms with Crippen LogP contribution in [-0.4, -0.2) is 54.9 Å². The fourth-order valence-electron chi connectivity index (χ4n) is 3.19. The van der Waals surface area contributed by atoms with E-state index in [0.29, 0.717) is 32.6 Å². The first-order valence-corrected chi connectivity index (χ1v) is 8.02. The summed E-state index contributed by atoms with van der Waals surface area (Å²) in [5.74, 6) is 1.10. The van der Waals surface area contributed by atoms with Crippen LogP contribution in [0.4, 0.5) is 0 Å². The number of carbonyl (C=O) groups is 2. The largest absolute Gasteiger partial charge is 0.496 e. The Morgan fingerprint density at radius 1 is 1.04 bits per heavy atom. The second kappa shape index (κ2) is 7.02. The van der Waals surface area contributed by atoms with Crippen molar-refractivity contribution >= 4 is 11.8 Å². The summed E-state index contributed by atoms with van der Waals surface area (Å²) in [6.45, 7) is 10.1. The third kappa shape index (κ3) is 3.66. The molecule has 1 aliphatic rings. The van der Waals surface area contributed by atoms with Gasteiger partial charge >= 0.3 is 0 Å². The second-order valence-corrected chi connectivity index (χ2v) is 6.20. The van der Waals surface area contributed by atoms with E-state index in [4.69, 9.17) is 4.74 Å². The average Bonchev–Trinajstić information content (AvgIpc) is 2.52. The number of hydrogen-bond donors (Lipinski definition) is 0. The van der Waals surface area contributed by atoms with Gasteiger partial charge in [-0.25, -0.2) is 0 Å². The number of amides is 2. The van der Waals surface area contributed by atoms with Gasteiger partial charge in [0.25, 0.3) is 0 Å². The van der Waals surface area contributed by atoms with Crippen LogP contribution in [-0.2, 0) is 16.0 Å². The first kappa shape index (κ1) is 17.3. The van der Waals surface area contributed by atoms with E-state index in [9.17, 15) is 9.59 Å². The predicted octanol–water partition coefficient (Wildman–Crippen LogP) is 1.85. The van der Waals surface area contributed by atoms with Gasteiger partial charge in [0.1, 0.15) is 5.75 Å². The van der Waals surface area contributed by atoms with Crippen LogP contribution in [0, 0.1) is 20.8 Å². The van der Waals surface area contributed by atoms with E-state index in [1.165, 1.54) is 0 Å². The van der Waals surface area contributed by atoms with Crippen molar-refractivity contribution in [2.24, 2.45) is 0 Å². The topological polar surface area (TPSA) is 49.9 Å². The highest BCUT2D eigenvalue weighted by atomic mass is 16.5. The standard InChI is InChI=1S/C18H26N2O3/c1-12-10-16(13(2)14(3)18(12)23-5)11-17(22)20-8-6-19(7-9-20)15(4)21/h10H,6-9,11H2,1-5H3. The maximum absolute atomic E-state index is 12.6. The lowest BCUT2D eigenvalue weighted by Crippen LogP contribution is -2.50. The number of piperazine rings is 1. The number of aryl methyl sites for hydroxylation is 1. The van der Waals surface area contributed by atoms with Crippen molar-refractivity contribution in [3.63, 3.8) is 0 Å². The zero-order chi connectivity index (χ0) is 17.1. The van der Waals surface area contributed by atoms with Gasteiger partial charge in [0.15, 0.2) is 0 Å². The number of hydrogen-bond acceptors (Lipinski definition) is 3. The molecule has 5 heteroatoms. The zero-order valence-electron chi connectivity index (χ0n) is 14.7. The van der Waals surface area contributed by atoms with Gasteiger partial charge in [-0.1, -0.05) is 6.07 Å². The molecule has 2 amide bonds. The van der Waals surface area contributed by atoms with Crippen molar-refractivity contribution in [2.75, 3.05) is 33.3 Å². The van der Waals surface area contributed by atoms with Crippen LogP contribution < -0.4 is 4.74 Å². The normalized spacial score (nSPS) is 14.8. The van der Waals surface area contributed by atoms with Gasteiger partial charge in [0.2, 0.25) is 11.8 Å². The second-order valence-electron chi connectivity index (χ2n) is 6.20. The molecule has 2 rings (SSSR count). The molecule has 23 heavy (non-hydrogen) atoms. The molecule has 1 heterocycles. The summed E-state index contributed by atoms with van der Waals surface area (Å²) < 4.78 is 5.43. The molecule has 5 nitrogen and oxygen atoms in total. The van der Waals surface area contributed by atoms with Crippen LogP contribution >= 0.6 is 0 Å². The molecule has 0 spiro atoms. The Labute approximate surface area is 138 Å². The fraction of sp³-hybridized carbons (Fsp3) is 0.556. The van der Waals surface area contributed by atoms with Crippen molar-refractivity contribution in [1.29, 1.82) is 0 Å². The third-order valence-electron chi connectivity index (χ3n) is 4.76. The van der Waals surface area contributed by atoms with E-state index in [2.05, 4.69) is 0 Å². The summed E-state index contributed by atoms with van der Waals surface area (Å²) in [5.41, 5.74) is 4.32. The summed E-state index contributed by atoms with van der Waals surface area (Å²) in [4.78, 5) is 27.6. The molecule has 1 aromatic rings. The maximum atomic E-state index is 12.6. The molecule has 0 bridgehead atoms. The molecule has 0 atom stereocenters. The van der Waals surface area contributed by atoms with Gasteiger partial charge in [-0.05, 0) is 43.0 Å². The van der Waals surface area contributed by atoms with Crippen LogP contribution in [0.3, 0.4) is 0 Å². The van der Waals surface area contributed by atoms with Gasteiger partial charge in [-0.3, -0.25) is 9.59 Å². The van der Waals surface area contributed by atoms with Crippen LogP contribution in [0.1, 0.15) is 29.2 Å². The van der Waals surface area contributed by atoms with Crippen LogP contribution in [0.15, 0.2) is 6.07 Å². The van der Waals surface area contributed by atoms with E-state index < -0.39 is 0 Å². The molecule has 1 saturated heterocycles. The van der Waals surface area contributed by atoms with Crippen LogP contribution in [0.2, 0.25) is 0 Å². The highest BCUT2D eigenvalue weighted by molar-refractivity contribution is 5.80. The molecular weight excluding hydrogens is 292 g/mol. The van der Waals surface area contributed by atoms with Gasteiger partial charge in [0, 0.05) is 33.1 Å². The van der Waals surface area contributed by atoms with Gasteiger partial charge in [-0.15, -0.1) is 0 Å². The minimum absolute atomic E-state index is 0.0781. The summed E-state index contributed by atoms with van der Waals surface area (Å²) >= 11 is 0. The first-order valence-electron chi connectivity index (χ1n) is 8.02. The van der Waals surface area contributed by atoms with E-state index in [1.54, 1.807) is 18.9 Å². The molecule has 0 unspecified atom stereocenters. The minimum Gasteiger partial charge on any atom is -0.496 e. The summed E-state index contributed by atoms with van der Waals surface area (Å²) in [7, 11) is 1.67. The lowest BCUT2D eigenvalue weighted by molar-refractivity contribution is -0.138. The molecule has 126 valence electrons. The Morgan fingerprint density at radius 2 is 1.61 bits per heavy atom. The molecule has 0 saturated carbocycles. The van der Waals surface area contributed by atoms with Crippen molar-refractivity contribution < 1.29 is 14.3 Å². The average molecular weight is 318 g/mol. The summed E-state index contributed by atoms with van der Waals surface area (Å²) in [6, 6.07) is 2.05. The number of nitrogens with zero attached hydrogens (tertiary/aromatic N) is 2. The van der Waals surface area contributed by atoms with Crippen molar-refractivity contribution in [3.05, 3.63) is 28.3 Å². The minimum atomic E-state index is 0.0781. The van der Waals surface area contributed by atoms with Crippen molar-refractivity contribution in [2.45, 2.75) is 34.1 Å². The Hall–Kier alpha value is -2.04. The first-order chi connectivity index (χ1) is 10.8. The van der Waals surface area contributed by atoms with E-state index in [0.717, 1.165) is 28.0 Å². The molecule has 1 fully saturated rings. The third-order valence-corrected chi connectivity index (χ3v) is 4.76. The SMILES string of the molecule is COc1c(C)cc(CC(=O)N2CCN(C(C)=O)CC2)c(C)c1C. The Bertz CT molecular complexity index is 617. The highest BCUT2D eigenvalue weighted by Gasteiger charge is 2.23. The Kier molecular flexibility index (Phi) is 5.29. The molecule has 0 aromatic heterocycles. The monoisotopic (exact) mass is 318 g/mol. The molecule has 0 aliphatic carbocycles. The van der Waals surface area contributed by atoms with Gasteiger partial charge in [-0.2, -0.15) is 0 Å². The number of ether oxygens (including phenoxy) is 1. The number of benzene rings is 1. The molecule has 1 aromatic carbocycles. The quantitative estimate of drug-likeness (QED) is 0.855. The Balaban J connectivity index is 2.08. The number of rotatable bonds is 3. The van der Waals surface area contributed by atoms with Gasteiger partial charge < -0.3 is 14.5 Å². The fourth-order valence-corrected chi connectivity index (χ4v) is 3.19. The van der Waals surface area contributed by atoms with Crippen molar-refractivity contribution in [3.8, 4) is 5.75 Å². The smallest absolute Gasteiger partial charge is 0.227 e. The number of methoxy groups -OCH3 is 1. The molecule has 0 radical (unpaired) electrons. The van der Waals surface area contributed by atoms with E-state index in [1.807, 2.05) is 31.7 Å². The maximum Gasteiger partial charge on any atom is 0.227 e. The highest BCUT2D eigenvalue weighted by Crippen LogP contribution is 2.29. The lowest BCUT2D eigenvalue weighted by atomic mass is 9.96. The summed E-state index contributed by atoms with van der Waals surface area (Å²) in [6.07, 6.45) is 0.400. The molecule has 0 N–H and O–H groups in total. The van der Waals surface area contributed by atoms with E-state index in [-0.39, 0.29) is 11.8 Å². The number of carbonyl (C=O) groups excluding carboxylic acids is 2. The summed E-state index contributed by atoms with van der Waals surface area (Å²) in [5, 5.41) is 0. The van der Waals surface area contributed by atoms with Crippen molar-refractivity contribution in [1.82, 2.24) is 9.80 Å².